The van der Waals surface area contributed by atoms with Crippen LogP contribution in [-0.2, 0) is 5.41 Å². The van der Waals surface area contributed by atoms with Crippen LogP contribution in [0.2, 0.25) is 0 Å². The highest BCUT2D eigenvalue weighted by Crippen LogP contribution is 2.51. The molecule has 1 aromatic rings. The molecule has 1 aromatic carbocycles. The maximum absolute atomic E-state index is 6.55. The zero-order valence-corrected chi connectivity index (χ0v) is 11.4. The second kappa shape index (κ2) is 3.65. The Morgan fingerprint density at radius 1 is 1.41 bits per heavy atom. The van der Waals surface area contributed by atoms with E-state index in [0.717, 1.165) is 18.3 Å². The molecular formula is C15H19ClO. The second-order valence-electron chi connectivity index (χ2n) is 6.21. The van der Waals surface area contributed by atoms with Gasteiger partial charge in [-0.1, -0.05) is 26.8 Å². The van der Waals surface area contributed by atoms with Crippen molar-refractivity contribution in [3.63, 3.8) is 0 Å². The van der Waals surface area contributed by atoms with Crippen molar-refractivity contribution in [2.45, 2.75) is 38.0 Å². The van der Waals surface area contributed by atoms with E-state index in [4.69, 9.17) is 16.3 Å². The molecule has 1 saturated carbocycles. The summed E-state index contributed by atoms with van der Waals surface area (Å²) < 4.78 is 5.70. The van der Waals surface area contributed by atoms with E-state index >= 15 is 0 Å². The first-order chi connectivity index (χ1) is 7.99. The molecule has 0 spiro atoms. The zero-order chi connectivity index (χ0) is 12.2. The van der Waals surface area contributed by atoms with Crippen LogP contribution in [0.3, 0.4) is 0 Å². The predicted molar refractivity (Wildman–Crippen MR) is 70.8 cm³/mol. The first-order valence-corrected chi connectivity index (χ1v) is 6.84. The molecule has 3 rings (SSSR count). The van der Waals surface area contributed by atoms with Gasteiger partial charge in [0, 0.05) is 11.0 Å². The number of fused-ring (bicyclic) bond motifs is 1. The van der Waals surface area contributed by atoms with Gasteiger partial charge in [-0.15, -0.1) is 11.6 Å². The summed E-state index contributed by atoms with van der Waals surface area (Å²) in [5.41, 5.74) is 2.70. The van der Waals surface area contributed by atoms with Gasteiger partial charge in [0.2, 0.25) is 0 Å². The van der Waals surface area contributed by atoms with Crippen LogP contribution in [0.1, 0.15) is 43.7 Å². The van der Waals surface area contributed by atoms with Crippen LogP contribution in [0, 0.1) is 11.8 Å². The Morgan fingerprint density at radius 2 is 2.12 bits per heavy atom. The Morgan fingerprint density at radius 3 is 2.76 bits per heavy atom. The van der Waals surface area contributed by atoms with Crippen molar-refractivity contribution in [3.8, 4) is 5.75 Å². The number of hydrogen-bond acceptors (Lipinski definition) is 1. The number of ether oxygens (including phenoxy) is 1. The SMILES string of the molecule is CC1CC1C(Cl)c1ccc2c(c1)C(C)(C)CO2. The number of halogens is 1. The summed E-state index contributed by atoms with van der Waals surface area (Å²) in [6.07, 6.45) is 1.27. The van der Waals surface area contributed by atoms with Crippen molar-refractivity contribution in [2.24, 2.45) is 11.8 Å². The largest absolute Gasteiger partial charge is 0.492 e. The molecule has 1 aliphatic heterocycles. The molecule has 0 amide bonds. The molecule has 1 aliphatic carbocycles. The lowest BCUT2D eigenvalue weighted by Gasteiger charge is -2.17. The summed E-state index contributed by atoms with van der Waals surface area (Å²) in [6, 6.07) is 6.47. The Hall–Kier alpha value is -0.690. The van der Waals surface area contributed by atoms with Crippen LogP contribution < -0.4 is 4.74 Å². The highest BCUT2D eigenvalue weighted by molar-refractivity contribution is 6.21. The third kappa shape index (κ3) is 1.85. The molecule has 3 atom stereocenters. The molecule has 0 radical (unpaired) electrons. The average molecular weight is 251 g/mol. The van der Waals surface area contributed by atoms with E-state index in [1.54, 1.807) is 0 Å². The van der Waals surface area contributed by atoms with E-state index in [1.165, 1.54) is 17.5 Å². The fraction of sp³-hybridized carbons (Fsp3) is 0.600. The van der Waals surface area contributed by atoms with Gasteiger partial charge in [0.25, 0.3) is 0 Å². The maximum Gasteiger partial charge on any atom is 0.123 e. The molecule has 1 heterocycles. The van der Waals surface area contributed by atoms with Crippen molar-refractivity contribution in [1.29, 1.82) is 0 Å². The van der Waals surface area contributed by atoms with Gasteiger partial charge in [0.15, 0.2) is 0 Å². The first kappa shape index (κ1) is 11.4. The number of rotatable bonds is 2. The van der Waals surface area contributed by atoms with Crippen LogP contribution in [0.5, 0.6) is 5.75 Å². The van der Waals surface area contributed by atoms with E-state index < -0.39 is 0 Å². The molecule has 2 heteroatoms. The minimum absolute atomic E-state index is 0.122. The molecule has 92 valence electrons. The number of hydrogen-bond donors (Lipinski definition) is 0. The summed E-state index contributed by atoms with van der Waals surface area (Å²) in [5.74, 6) is 2.49. The lowest BCUT2D eigenvalue weighted by molar-refractivity contribution is 0.291. The van der Waals surface area contributed by atoms with E-state index in [1.807, 2.05) is 0 Å². The molecule has 17 heavy (non-hydrogen) atoms. The van der Waals surface area contributed by atoms with Gasteiger partial charge in [-0.05, 0) is 36.0 Å². The summed E-state index contributed by atoms with van der Waals surface area (Å²) in [4.78, 5) is 0. The van der Waals surface area contributed by atoms with Crippen LogP contribution in [-0.4, -0.2) is 6.61 Å². The molecule has 0 N–H and O–H groups in total. The third-order valence-electron chi connectivity index (χ3n) is 4.19. The molecule has 1 nitrogen and oxygen atoms in total. The molecule has 0 aromatic heterocycles. The molecular weight excluding hydrogens is 232 g/mol. The minimum Gasteiger partial charge on any atom is -0.492 e. The standard InChI is InChI=1S/C15H19ClO/c1-9-6-11(9)14(16)10-4-5-13-12(7-10)15(2,3)8-17-13/h4-5,7,9,11,14H,6,8H2,1-3H3. The Bertz CT molecular complexity index is 452. The van der Waals surface area contributed by atoms with Crippen molar-refractivity contribution in [1.82, 2.24) is 0 Å². The van der Waals surface area contributed by atoms with E-state index in [0.29, 0.717) is 5.92 Å². The van der Waals surface area contributed by atoms with E-state index in [9.17, 15) is 0 Å². The molecule has 3 unspecified atom stereocenters. The molecule has 0 bridgehead atoms. The van der Waals surface area contributed by atoms with E-state index in [-0.39, 0.29) is 10.8 Å². The fourth-order valence-electron chi connectivity index (χ4n) is 2.72. The van der Waals surface area contributed by atoms with Gasteiger partial charge in [-0.3, -0.25) is 0 Å². The van der Waals surface area contributed by atoms with Gasteiger partial charge in [-0.2, -0.15) is 0 Å². The van der Waals surface area contributed by atoms with Crippen molar-refractivity contribution < 1.29 is 4.74 Å². The summed E-state index contributed by atoms with van der Waals surface area (Å²) in [7, 11) is 0. The molecule has 2 aliphatic rings. The minimum atomic E-state index is 0.122. The lowest BCUT2D eigenvalue weighted by atomic mass is 9.85. The number of alkyl halides is 1. The molecule has 0 saturated heterocycles. The Labute approximate surface area is 108 Å². The van der Waals surface area contributed by atoms with Crippen LogP contribution in [0.15, 0.2) is 18.2 Å². The van der Waals surface area contributed by atoms with Gasteiger partial charge in [0.05, 0.1) is 12.0 Å². The first-order valence-electron chi connectivity index (χ1n) is 6.40. The van der Waals surface area contributed by atoms with Crippen LogP contribution >= 0.6 is 11.6 Å². The van der Waals surface area contributed by atoms with Gasteiger partial charge in [-0.25, -0.2) is 0 Å². The van der Waals surface area contributed by atoms with Gasteiger partial charge in [0.1, 0.15) is 5.75 Å². The van der Waals surface area contributed by atoms with Crippen LogP contribution in [0.25, 0.3) is 0 Å². The normalized spacial score (nSPS) is 30.6. The summed E-state index contributed by atoms with van der Waals surface area (Å²) >= 11 is 6.55. The van der Waals surface area contributed by atoms with Gasteiger partial charge < -0.3 is 4.74 Å². The monoisotopic (exact) mass is 250 g/mol. The lowest BCUT2D eigenvalue weighted by Crippen LogP contribution is -2.18. The highest BCUT2D eigenvalue weighted by atomic mass is 35.5. The van der Waals surface area contributed by atoms with Crippen molar-refractivity contribution >= 4 is 11.6 Å². The smallest absolute Gasteiger partial charge is 0.123 e. The summed E-state index contributed by atoms with van der Waals surface area (Å²) in [5, 5.41) is 0.173. The van der Waals surface area contributed by atoms with Crippen molar-refractivity contribution in [2.75, 3.05) is 6.61 Å². The Balaban J connectivity index is 1.93. The van der Waals surface area contributed by atoms with Crippen molar-refractivity contribution in [3.05, 3.63) is 29.3 Å². The topological polar surface area (TPSA) is 9.23 Å². The highest BCUT2D eigenvalue weighted by Gasteiger charge is 2.40. The predicted octanol–water partition coefficient (Wildman–Crippen LogP) is 4.29. The number of benzene rings is 1. The van der Waals surface area contributed by atoms with Gasteiger partial charge >= 0.3 is 0 Å². The van der Waals surface area contributed by atoms with E-state index in [2.05, 4.69) is 39.0 Å². The average Bonchev–Trinajstić information content (AvgIpc) is 2.94. The molecule has 1 fully saturated rings. The third-order valence-corrected chi connectivity index (χ3v) is 4.76. The van der Waals surface area contributed by atoms with Crippen LogP contribution in [0.4, 0.5) is 0 Å². The second-order valence-corrected chi connectivity index (χ2v) is 6.68. The quantitative estimate of drug-likeness (QED) is 0.712. The zero-order valence-electron chi connectivity index (χ0n) is 10.7. The maximum atomic E-state index is 6.55. The summed E-state index contributed by atoms with van der Waals surface area (Å²) in [6.45, 7) is 7.51. The fourth-order valence-corrected chi connectivity index (χ4v) is 3.20. The Kier molecular flexibility index (Phi) is 2.45.